The van der Waals surface area contributed by atoms with E-state index in [0.29, 0.717) is 12.2 Å². The fourth-order valence-corrected chi connectivity index (χ4v) is 4.84. The number of phenols is 1. The highest BCUT2D eigenvalue weighted by Crippen LogP contribution is 2.43. The van der Waals surface area contributed by atoms with Crippen molar-refractivity contribution >= 4 is 6.21 Å². The van der Waals surface area contributed by atoms with Gasteiger partial charge in [0.25, 0.3) is 0 Å². The van der Waals surface area contributed by atoms with Gasteiger partial charge in [0, 0.05) is 11.8 Å². The van der Waals surface area contributed by atoms with Gasteiger partial charge in [0.1, 0.15) is 23.1 Å². The summed E-state index contributed by atoms with van der Waals surface area (Å²) in [5, 5.41) is 23.3. The molecule has 0 bridgehead atoms. The highest BCUT2D eigenvalue weighted by molar-refractivity contribution is 5.86. The van der Waals surface area contributed by atoms with Crippen molar-refractivity contribution in [2.45, 2.75) is 18.6 Å². The second-order valence-electron chi connectivity index (χ2n) is 9.32. The second-order valence-corrected chi connectivity index (χ2v) is 9.32. The van der Waals surface area contributed by atoms with Crippen LogP contribution in [0.1, 0.15) is 35.2 Å². The lowest BCUT2D eigenvalue weighted by Crippen LogP contribution is -2.34. The quantitative estimate of drug-likeness (QED) is 0.200. The number of hydrogen-bond acceptors (Lipinski definition) is 4. The van der Waals surface area contributed by atoms with Gasteiger partial charge < -0.3 is 14.9 Å². The molecular formula is C35H31NO3. The average Bonchev–Trinajstić information content (AvgIpc) is 3.00. The molecule has 0 aromatic heterocycles. The lowest BCUT2D eigenvalue weighted by atomic mass is 9.77. The Balaban J connectivity index is 1.60. The molecule has 5 aromatic carbocycles. The Labute approximate surface area is 229 Å². The fraction of sp³-hybridized carbons (Fsp3) is 0.114. The largest absolute Gasteiger partial charge is 0.507 e. The maximum atomic E-state index is 12.5. The number of aliphatic imine (C=N–C) groups is 1. The number of rotatable bonds is 9. The monoisotopic (exact) mass is 513 g/mol. The topological polar surface area (TPSA) is 62.0 Å². The van der Waals surface area contributed by atoms with Crippen LogP contribution in [0.2, 0.25) is 0 Å². The lowest BCUT2D eigenvalue weighted by molar-refractivity contribution is 0.0523. The van der Waals surface area contributed by atoms with Crippen molar-refractivity contribution in [2.24, 2.45) is 4.99 Å². The minimum absolute atomic E-state index is 0.114. The summed E-state index contributed by atoms with van der Waals surface area (Å²) in [4.78, 5) is 4.97. The van der Waals surface area contributed by atoms with E-state index in [2.05, 4.69) is 0 Å². The molecule has 0 aliphatic carbocycles. The lowest BCUT2D eigenvalue weighted by Gasteiger charge is -2.35. The summed E-state index contributed by atoms with van der Waals surface area (Å²) in [6.45, 7) is 2.57. The van der Waals surface area contributed by atoms with Gasteiger partial charge in [-0.25, -0.2) is 0 Å². The van der Waals surface area contributed by atoms with Crippen molar-refractivity contribution in [3.8, 4) is 22.6 Å². The minimum Gasteiger partial charge on any atom is -0.507 e. The number of benzene rings is 5. The predicted octanol–water partition coefficient (Wildman–Crippen LogP) is 7.55. The van der Waals surface area contributed by atoms with Crippen LogP contribution >= 0.6 is 0 Å². The molecule has 0 unspecified atom stereocenters. The standard InChI is InChI=1S/C35H31NO3/c1-2-39-32-21-18-26(19-22-32)28-20-23-33(37)29(24-28)25-36-34(27-12-6-3-7-13-27)35(38,30-14-8-4-9-15-30)31-16-10-5-11-17-31/h3-25,34,37-38H,2H2,1H3/t34-/m1/s1. The van der Waals surface area contributed by atoms with Crippen molar-refractivity contribution in [1.82, 2.24) is 0 Å². The van der Waals surface area contributed by atoms with Crippen molar-refractivity contribution in [1.29, 1.82) is 0 Å². The van der Waals surface area contributed by atoms with Crippen LogP contribution in [0.5, 0.6) is 11.5 Å². The van der Waals surface area contributed by atoms with E-state index < -0.39 is 11.6 Å². The first-order valence-corrected chi connectivity index (χ1v) is 13.1. The highest BCUT2D eigenvalue weighted by atomic mass is 16.5. The van der Waals surface area contributed by atoms with Gasteiger partial charge in [-0.1, -0.05) is 109 Å². The average molecular weight is 514 g/mol. The molecular weight excluding hydrogens is 482 g/mol. The van der Waals surface area contributed by atoms with Gasteiger partial charge in [0.15, 0.2) is 0 Å². The van der Waals surface area contributed by atoms with Crippen LogP contribution in [0.25, 0.3) is 11.1 Å². The molecule has 0 saturated carbocycles. The molecule has 4 heteroatoms. The zero-order valence-electron chi connectivity index (χ0n) is 21.8. The maximum absolute atomic E-state index is 12.5. The number of aromatic hydroxyl groups is 1. The normalized spacial score (nSPS) is 12.4. The summed E-state index contributed by atoms with van der Waals surface area (Å²) >= 11 is 0. The molecule has 0 spiro atoms. The van der Waals surface area contributed by atoms with E-state index in [9.17, 15) is 10.2 Å². The van der Waals surface area contributed by atoms with E-state index in [1.165, 1.54) is 0 Å². The molecule has 0 radical (unpaired) electrons. The summed E-state index contributed by atoms with van der Waals surface area (Å²) < 4.78 is 5.57. The van der Waals surface area contributed by atoms with Crippen LogP contribution in [0, 0.1) is 0 Å². The predicted molar refractivity (Wildman–Crippen MR) is 157 cm³/mol. The number of phenolic OH excluding ortho intramolecular Hbond substituents is 1. The summed E-state index contributed by atoms with van der Waals surface area (Å²) in [5.74, 6) is 0.928. The summed E-state index contributed by atoms with van der Waals surface area (Å²) in [7, 11) is 0. The van der Waals surface area contributed by atoms with E-state index in [0.717, 1.165) is 33.6 Å². The maximum Gasteiger partial charge on any atom is 0.141 e. The molecule has 194 valence electrons. The molecule has 5 rings (SSSR count). The molecule has 0 fully saturated rings. The first-order chi connectivity index (χ1) is 19.1. The van der Waals surface area contributed by atoms with E-state index in [4.69, 9.17) is 9.73 Å². The summed E-state index contributed by atoms with van der Waals surface area (Å²) in [6.07, 6.45) is 1.65. The Kier molecular flexibility index (Phi) is 7.86. The van der Waals surface area contributed by atoms with Crippen LogP contribution in [-0.2, 0) is 5.60 Å². The molecule has 0 aliphatic heterocycles. The van der Waals surface area contributed by atoms with Crippen LogP contribution in [0.3, 0.4) is 0 Å². The van der Waals surface area contributed by atoms with Crippen molar-refractivity contribution in [2.75, 3.05) is 6.61 Å². The van der Waals surface area contributed by atoms with Gasteiger partial charge in [-0.05, 0) is 59.0 Å². The first kappa shape index (κ1) is 26.0. The van der Waals surface area contributed by atoms with Crippen LogP contribution in [0.4, 0.5) is 0 Å². The van der Waals surface area contributed by atoms with Gasteiger partial charge in [-0.3, -0.25) is 4.99 Å². The first-order valence-electron chi connectivity index (χ1n) is 13.1. The smallest absolute Gasteiger partial charge is 0.141 e. The Morgan fingerprint density at radius 3 is 1.82 bits per heavy atom. The van der Waals surface area contributed by atoms with Crippen LogP contribution in [0.15, 0.2) is 138 Å². The van der Waals surface area contributed by atoms with Crippen molar-refractivity contribution in [3.63, 3.8) is 0 Å². The zero-order chi connectivity index (χ0) is 27.1. The van der Waals surface area contributed by atoms with Gasteiger partial charge in [0.2, 0.25) is 0 Å². The minimum atomic E-state index is -1.46. The number of ether oxygens (including phenoxy) is 1. The van der Waals surface area contributed by atoms with Crippen molar-refractivity contribution < 1.29 is 14.9 Å². The molecule has 1 atom stereocenters. The van der Waals surface area contributed by atoms with E-state index >= 15 is 0 Å². The third kappa shape index (κ3) is 5.62. The third-order valence-electron chi connectivity index (χ3n) is 6.83. The number of hydrogen-bond donors (Lipinski definition) is 2. The Morgan fingerprint density at radius 1 is 0.718 bits per heavy atom. The van der Waals surface area contributed by atoms with Gasteiger partial charge in [-0.15, -0.1) is 0 Å². The zero-order valence-corrected chi connectivity index (χ0v) is 21.8. The molecule has 0 aliphatic rings. The SMILES string of the molecule is CCOc1ccc(-c2ccc(O)c(C=N[C@H](c3ccccc3)C(O)(c3ccccc3)c3ccccc3)c2)cc1. The second kappa shape index (κ2) is 11.8. The summed E-state index contributed by atoms with van der Waals surface area (Å²) in [5.41, 5.74) is 3.36. The van der Waals surface area contributed by atoms with Gasteiger partial charge >= 0.3 is 0 Å². The molecule has 5 aromatic rings. The van der Waals surface area contributed by atoms with Gasteiger partial charge in [0.05, 0.1) is 6.61 Å². The third-order valence-corrected chi connectivity index (χ3v) is 6.83. The van der Waals surface area contributed by atoms with Crippen LogP contribution < -0.4 is 4.74 Å². The molecule has 4 nitrogen and oxygen atoms in total. The molecule has 2 N–H and O–H groups in total. The fourth-order valence-electron chi connectivity index (χ4n) is 4.84. The molecule has 0 heterocycles. The Bertz CT molecular complexity index is 1480. The van der Waals surface area contributed by atoms with E-state index in [1.54, 1.807) is 12.3 Å². The Morgan fingerprint density at radius 2 is 1.26 bits per heavy atom. The number of aliphatic hydroxyl groups is 1. The number of nitrogens with zero attached hydrogens (tertiary/aromatic N) is 1. The van der Waals surface area contributed by atoms with E-state index in [1.807, 2.05) is 134 Å². The molecule has 0 saturated heterocycles. The highest BCUT2D eigenvalue weighted by Gasteiger charge is 2.41. The van der Waals surface area contributed by atoms with Crippen molar-refractivity contribution in [3.05, 3.63) is 156 Å². The van der Waals surface area contributed by atoms with E-state index in [-0.39, 0.29) is 5.75 Å². The molecule has 0 amide bonds. The van der Waals surface area contributed by atoms with Gasteiger partial charge in [-0.2, -0.15) is 0 Å². The summed E-state index contributed by atoms with van der Waals surface area (Å²) in [6, 6.07) is 41.6. The van der Waals surface area contributed by atoms with Crippen LogP contribution in [-0.4, -0.2) is 23.0 Å². The molecule has 39 heavy (non-hydrogen) atoms. The Hall–Kier alpha value is -4.67.